The van der Waals surface area contributed by atoms with Crippen molar-refractivity contribution in [3.05, 3.63) is 64.8 Å². The lowest BCUT2D eigenvalue weighted by molar-refractivity contribution is 0.620. The number of nitrogens with two attached hydrogens (primary N) is 1. The van der Waals surface area contributed by atoms with Crippen molar-refractivity contribution in [2.24, 2.45) is 0 Å². The van der Waals surface area contributed by atoms with Gasteiger partial charge in [0.05, 0.1) is 11.1 Å². The van der Waals surface area contributed by atoms with Gasteiger partial charge in [0.1, 0.15) is 5.76 Å². The van der Waals surface area contributed by atoms with Crippen LogP contribution < -0.4 is 11.2 Å². The van der Waals surface area contributed by atoms with E-state index in [2.05, 4.69) is 0 Å². The largest absolute Gasteiger partial charge is 0.454 e. The lowest BCUT2D eigenvalue weighted by atomic mass is 10.1. The van der Waals surface area contributed by atoms with Crippen LogP contribution in [0.1, 0.15) is 0 Å². The van der Waals surface area contributed by atoms with Gasteiger partial charge in [0.2, 0.25) is 0 Å². The van der Waals surface area contributed by atoms with Crippen LogP contribution in [0.5, 0.6) is 0 Å². The Morgan fingerprint density at radius 2 is 1.72 bits per heavy atom. The average molecular weight is 237 g/mol. The fraction of sp³-hybridized carbons (Fsp3) is 0. The highest BCUT2D eigenvalue weighted by Gasteiger charge is 2.08. The zero-order valence-electron chi connectivity index (χ0n) is 9.59. The quantitative estimate of drug-likeness (QED) is 0.662. The van der Waals surface area contributed by atoms with E-state index in [0.717, 1.165) is 5.56 Å². The van der Waals surface area contributed by atoms with Gasteiger partial charge in [-0.2, -0.15) is 0 Å². The second-order valence-electron chi connectivity index (χ2n) is 4.06. The molecule has 2 aromatic carbocycles. The van der Waals surface area contributed by atoms with E-state index in [1.54, 1.807) is 18.2 Å². The van der Waals surface area contributed by atoms with Crippen LogP contribution in [-0.2, 0) is 0 Å². The Bertz CT molecular complexity index is 760. The van der Waals surface area contributed by atoms with Crippen molar-refractivity contribution < 1.29 is 4.42 Å². The summed E-state index contributed by atoms with van der Waals surface area (Å²) in [4.78, 5) is 12.0. The van der Waals surface area contributed by atoms with Gasteiger partial charge in [-0.1, -0.05) is 36.4 Å². The molecule has 1 heterocycles. The molecule has 0 fully saturated rings. The molecule has 0 atom stereocenters. The van der Waals surface area contributed by atoms with Crippen LogP contribution in [0.15, 0.2) is 63.8 Å². The van der Waals surface area contributed by atoms with Gasteiger partial charge in [0.15, 0.2) is 11.0 Å². The third-order valence-corrected chi connectivity index (χ3v) is 2.84. The van der Waals surface area contributed by atoms with Gasteiger partial charge in [-0.3, -0.25) is 4.79 Å². The first-order valence-electron chi connectivity index (χ1n) is 5.63. The average Bonchev–Trinajstić information content (AvgIpc) is 2.41. The van der Waals surface area contributed by atoms with Gasteiger partial charge in [0.25, 0.3) is 0 Å². The molecule has 18 heavy (non-hydrogen) atoms. The Balaban J connectivity index is 2.34. The van der Waals surface area contributed by atoms with E-state index in [-0.39, 0.29) is 5.43 Å². The zero-order chi connectivity index (χ0) is 12.5. The van der Waals surface area contributed by atoms with Crippen LogP contribution in [0.3, 0.4) is 0 Å². The molecule has 3 rings (SSSR count). The predicted octanol–water partition coefficient (Wildman–Crippen LogP) is 3.04. The number of fused-ring (bicyclic) bond motifs is 1. The minimum absolute atomic E-state index is 0.0811. The third-order valence-electron chi connectivity index (χ3n) is 2.84. The molecule has 0 spiro atoms. The van der Waals surface area contributed by atoms with E-state index in [4.69, 9.17) is 10.2 Å². The summed E-state index contributed by atoms with van der Waals surface area (Å²) in [5.74, 6) is 0.533. The maximum atomic E-state index is 12.0. The van der Waals surface area contributed by atoms with Crippen molar-refractivity contribution in [3.8, 4) is 11.3 Å². The smallest absolute Gasteiger partial charge is 0.193 e. The van der Waals surface area contributed by atoms with Crippen molar-refractivity contribution in [2.45, 2.75) is 0 Å². The van der Waals surface area contributed by atoms with Gasteiger partial charge < -0.3 is 10.2 Å². The molecule has 0 aliphatic heterocycles. The Labute approximate surface area is 103 Å². The van der Waals surface area contributed by atoms with Gasteiger partial charge in [-0.05, 0) is 12.1 Å². The second-order valence-corrected chi connectivity index (χ2v) is 4.06. The van der Waals surface area contributed by atoms with Crippen LogP contribution in [-0.4, -0.2) is 0 Å². The first-order valence-corrected chi connectivity index (χ1v) is 5.63. The summed E-state index contributed by atoms with van der Waals surface area (Å²) in [6, 6.07) is 16.2. The van der Waals surface area contributed by atoms with Gasteiger partial charge in [-0.15, -0.1) is 0 Å². The van der Waals surface area contributed by atoms with Crippen LogP contribution in [0, 0.1) is 0 Å². The van der Waals surface area contributed by atoms with E-state index in [9.17, 15) is 4.79 Å². The molecule has 0 bridgehead atoms. The van der Waals surface area contributed by atoms with Crippen molar-refractivity contribution >= 4 is 16.7 Å². The molecular weight excluding hydrogens is 226 g/mol. The van der Waals surface area contributed by atoms with E-state index in [0.29, 0.717) is 22.4 Å². The van der Waals surface area contributed by atoms with Crippen molar-refractivity contribution in [1.82, 2.24) is 0 Å². The molecule has 3 nitrogen and oxygen atoms in total. The molecule has 0 unspecified atom stereocenters. The Morgan fingerprint density at radius 3 is 2.50 bits per heavy atom. The van der Waals surface area contributed by atoms with Gasteiger partial charge in [0, 0.05) is 11.6 Å². The lowest BCUT2D eigenvalue weighted by Gasteiger charge is -2.04. The summed E-state index contributed by atoms with van der Waals surface area (Å²) in [6.45, 7) is 0. The highest BCUT2D eigenvalue weighted by Crippen LogP contribution is 2.24. The molecule has 1 aromatic heterocycles. The zero-order valence-corrected chi connectivity index (χ0v) is 9.59. The normalized spacial score (nSPS) is 10.7. The number of rotatable bonds is 1. The first-order chi connectivity index (χ1) is 8.75. The standard InChI is InChI=1S/C15H11NO2/c16-12-8-4-7-11-13(17)9-14(18-15(11)12)10-5-2-1-3-6-10/h1-9H,16H2. The number of hydrogen-bond acceptors (Lipinski definition) is 3. The van der Waals surface area contributed by atoms with Gasteiger partial charge >= 0.3 is 0 Å². The molecule has 0 aliphatic rings. The first kappa shape index (κ1) is 10.6. The monoisotopic (exact) mass is 237 g/mol. The van der Waals surface area contributed by atoms with Gasteiger partial charge in [-0.25, -0.2) is 0 Å². The maximum Gasteiger partial charge on any atom is 0.193 e. The third kappa shape index (κ3) is 1.66. The number of hydrogen-bond donors (Lipinski definition) is 1. The van der Waals surface area contributed by atoms with E-state index < -0.39 is 0 Å². The summed E-state index contributed by atoms with van der Waals surface area (Å²) in [5.41, 5.74) is 7.54. The number of para-hydroxylation sites is 1. The summed E-state index contributed by atoms with van der Waals surface area (Å²) < 4.78 is 5.73. The molecule has 0 saturated carbocycles. The molecular formula is C15H11NO2. The van der Waals surface area contributed by atoms with Crippen LogP contribution in [0.25, 0.3) is 22.3 Å². The second kappa shape index (κ2) is 4.04. The highest BCUT2D eigenvalue weighted by molar-refractivity contribution is 5.88. The van der Waals surface area contributed by atoms with E-state index >= 15 is 0 Å². The maximum absolute atomic E-state index is 12.0. The van der Waals surface area contributed by atoms with Crippen LogP contribution >= 0.6 is 0 Å². The highest BCUT2D eigenvalue weighted by atomic mass is 16.3. The van der Waals surface area contributed by atoms with Crippen molar-refractivity contribution in [2.75, 3.05) is 5.73 Å². The summed E-state index contributed by atoms with van der Waals surface area (Å²) in [6.07, 6.45) is 0. The minimum Gasteiger partial charge on any atom is -0.454 e. The predicted molar refractivity (Wildman–Crippen MR) is 72.3 cm³/mol. The Hall–Kier alpha value is -2.55. The van der Waals surface area contributed by atoms with Crippen molar-refractivity contribution in [1.29, 1.82) is 0 Å². The summed E-state index contributed by atoms with van der Waals surface area (Å²) in [7, 11) is 0. The Kier molecular flexibility index (Phi) is 2.38. The fourth-order valence-electron chi connectivity index (χ4n) is 1.94. The summed E-state index contributed by atoms with van der Waals surface area (Å²) >= 11 is 0. The van der Waals surface area contributed by atoms with Crippen LogP contribution in [0.2, 0.25) is 0 Å². The van der Waals surface area contributed by atoms with E-state index in [1.165, 1.54) is 6.07 Å². The Morgan fingerprint density at radius 1 is 0.944 bits per heavy atom. The SMILES string of the molecule is Nc1cccc2c(=O)cc(-c3ccccc3)oc12. The molecule has 0 saturated heterocycles. The fourth-order valence-corrected chi connectivity index (χ4v) is 1.94. The number of benzene rings is 2. The van der Waals surface area contributed by atoms with Crippen molar-refractivity contribution in [3.63, 3.8) is 0 Å². The lowest BCUT2D eigenvalue weighted by Crippen LogP contribution is -2.01. The molecule has 88 valence electrons. The molecule has 3 heteroatoms. The van der Waals surface area contributed by atoms with Crippen LogP contribution in [0.4, 0.5) is 5.69 Å². The minimum atomic E-state index is -0.0811. The summed E-state index contributed by atoms with van der Waals surface area (Å²) in [5, 5.41) is 0.509. The molecule has 2 N–H and O–H groups in total. The molecule has 3 aromatic rings. The molecule has 0 aliphatic carbocycles. The topological polar surface area (TPSA) is 56.2 Å². The molecule has 0 amide bonds. The molecule has 0 radical (unpaired) electrons. The number of anilines is 1. The van der Waals surface area contributed by atoms with E-state index in [1.807, 2.05) is 30.3 Å². The number of nitrogen functional groups attached to an aromatic ring is 1.